The fourth-order valence-electron chi connectivity index (χ4n) is 1.07. The van der Waals surface area contributed by atoms with Gasteiger partial charge in [-0.2, -0.15) is 0 Å². The van der Waals surface area contributed by atoms with Crippen LogP contribution < -0.4 is 34.7 Å². The molecule has 15 heavy (non-hydrogen) atoms. The van der Waals surface area contributed by atoms with E-state index in [2.05, 4.69) is 10.3 Å². The first-order valence-electron chi connectivity index (χ1n) is 4.69. The Labute approximate surface area is 111 Å². The van der Waals surface area contributed by atoms with E-state index >= 15 is 0 Å². The average Bonchev–Trinajstić information content (AvgIpc) is 2.52. The van der Waals surface area contributed by atoms with Crippen molar-refractivity contribution in [1.82, 2.24) is 15.0 Å². The fraction of sp³-hybridized carbons (Fsp3) is 0.667. The zero-order chi connectivity index (χ0) is 10.6. The molecule has 0 aliphatic carbocycles. The van der Waals surface area contributed by atoms with Gasteiger partial charge in [0.25, 0.3) is 0 Å². The minimum absolute atomic E-state index is 0. The van der Waals surface area contributed by atoms with Crippen molar-refractivity contribution in [2.24, 2.45) is 0 Å². The van der Waals surface area contributed by atoms with Crippen LogP contribution in [0.15, 0.2) is 6.20 Å². The topological polar surface area (TPSA) is 70.8 Å². The molecule has 0 saturated heterocycles. The molecule has 0 aliphatic rings. The Hall–Kier alpha value is -0.390. The number of carboxylic acid groups (broad SMARTS) is 1. The first kappa shape index (κ1) is 14.6. The summed E-state index contributed by atoms with van der Waals surface area (Å²) in [6.45, 7) is 4.65. The number of nitrogens with zero attached hydrogens (tertiary/aromatic N) is 3. The summed E-state index contributed by atoms with van der Waals surface area (Å²) in [6.07, 6.45) is 2.44. The van der Waals surface area contributed by atoms with Gasteiger partial charge in [-0.15, -0.1) is 5.10 Å². The van der Waals surface area contributed by atoms with E-state index < -0.39 is 5.97 Å². The second-order valence-electron chi connectivity index (χ2n) is 3.54. The summed E-state index contributed by atoms with van der Waals surface area (Å²) < 4.78 is 1.66. The number of carbonyl (C=O) groups is 1. The Balaban J connectivity index is 0.00000196. The summed E-state index contributed by atoms with van der Waals surface area (Å²) in [5.41, 5.74) is 0.929. The van der Waals surface area contributed by atoms with Gasteiger partial charge in [-0.25, -0.2) is 0 Å². The summed E-state index contributed by atoms with van der Waals surface area (Å²) in [5.74, 6) is -0.668. The third-order valence-corrected chi connectivity index (χ3v) is 1.92. The predicted molar refractivity (Wildman–Crippen MR) is 48.4 cm³/mol. The Kier molecular flexibility index (Phi) is 6.80. The number of hydrogen-bond donors (Lipinski definition) is 0. The molecule has 0 N–H and O–H groups in total. The van der Waals surface area contributed by atoms with Gasteiger partial charge < -0.3 is 9.90 Å². The standard InChI is InChI=1S/C9H15N3O2.Na/c1-7(2)8-6-12(11-10-8)5-3-4-9(13)14;/h6-7H,3-5H2,1-2H3,(H,13,14);/q;+1/p-1. The maximum Gasteiger partial charge on any atom is 1.00 e. The Bertz CT molecular complexity index is 312. The van der Waals surface area contributed by atoms with Crippen molar-refractivity contribution in [2.75, 3.05) is 0 Å². The van der Waals surface area contributed by atoms with Crippen molar-refractivity contribution < 1.29 is 39.5 Å². The number of carbonyl (C=O) groups excluding carboxylic acids is 1. The molecule has 0 radical (unpaired) electrons. The summed E-state index contributed by atoms with van der Waals surface area (Å²) in [5, 5.41) is 18.0. The summed E-state index contributed by atoms with van der Waals surface area (Å²) in [7, 11) is 0. The zero-order valence-corrected chi connectivity index (χ0v) is 11.4. The van der Waals surface area contributed by atoms with Gasteiger partial charge in [-0.1, -0.05) is 19.1 Å². The summed E-state index contributed by atoms with van der Waals surface area (Å²) in [6, 6.07) is 0. The van der Waals surface area contributed by atoms with E-state index in [9.17, 15) is 9.90 Å². The van der Waals surface area contributed by atoms with Gasteiger partial charge in [0.2, 0.25) is 0 Å². The van der Waals surface area contributed by atoms with Crippen molar-refractivity contribution in [2.45, 2.75) is 39.2 Å². The van der Waals surface area contributed by atoms with Crippen LogP contribution in [0.25, 0.3) is 0 Å². The molecule has 1 aromatic heterocycles. The number of hydrogen-bond acceptors (Lipinski definition) is 4. The van der Waals surface area contributed by atoms with E-state index in [0.717, 1.165) is 5.69 Å². The van der Waals surface area contributed by atoms with Crippen molar-refractivity contribution in [3.05, 3.63) is 11.9 Å². The second kappa shape index (κ2) is 6.98. The molecule has 0 unspecified atom stereocenters. The van der Waals surface area contributed by atoms with Gasteiger partial charge in [0.05, 0.1) is 5.69 Å². The number of carboxylic acids is 1. The molecule has 78 valence electrons. The first-order chi connectivity index (χ1) is 6.59. The molecular formula is C9H14N3NaO2. The normalized spacial score (nSPS) is 10.1. The Morgan fingerprint density at radius 1 is 1.60 bits per heavy atom. The smallest absolute Gasteiger partial charge is 0.550 e. The molecule has 0 fully saturated rings. The molecule has 1 heterocycles. The van der Waals surface area contributed by atoms with Crippen LogP contribution in [0.1, 0.15) is 38.3 Å². The van der Waals surface area contributed by atoms with Gasteiger partial charge in [-0.3, -0.25) is 4.68 Å². The molecular weight excluding hydrogens is 205 g/mol. The molecule has 0 aliphatic heterocycles. The zero-order valence-electron chi connectivity index (χ0n) is 9.43. The fourth-order valence-corrected chi connectivity index (χ4v) is 1.07. The van der Waals surface area contributed by atoms with E-state index in [1.54, 1.807) is 4.68 Å². The third kappa shape index (κ3) is 5.30. The molecule has 1 rings (SSSR count). The van der Waals surface area contributed by atoms with Crippen LogP contribution in [0, 0.1) is 0 Å². The van der Waals surface area contributed by atoms with Crippen molar-refractivity contribution in [3.63, 3.8) is 0 Å². The molecule has 0 aromatic carbocycles. The maximum absolute atomic E-state index is 10.1. The monoisotopic (exact) mass is 219 g/mol. The van der Waals surface area contributed by atoms with Crippen molar-refractivity contribution >= 4 is 5.97 Å². The quantitative estimate of drug-likeness (QED) is 0.493. The molecule has 0 amide bonds. The Morgan fingerprint density at radius 3 is 2.73 bits per heavy atom. The van der Waals surface area contributed by atoms with E-state index in [1.165, 1.54) is 0 Å². The minimum atomic E-state index is -1.02. The van der Waals surface area contributed by atoms with Crippen LogP contribution in [-0.4, -0.2) is 21.0 Å². The van der Waals surface area contributed by atoms with Gasteiger partial charge in [0.15, 0.2) is 0 Å². The van der Waals surface area contributed by atoms with E-state index in [1.807, 2.05) is 20.0 Å². The van der Waals surface area contributed by atoms with Crippen molar-refractivity contribution in [1.29, 1.82) is 0 Å². The molecule has 0 atom stereocenters. The second-order valence-corrected chi connectivity index (χ2v) is 3.54. The maximum atomic E-state index is 10.1. The van der Waals surface area contributed by atoms with Crippen LogP contribution in [-0.2, 0) is 11.3 Å². The first-order valence-corrected chi connectivity index (χ1v) is 4.69. The largest absolute Gasteiger partial charge is 1.00 e. The molecule has 1 aromatic rings. The van der Waals surface area contributed by atoms with E-state index in [4.69, 9.17) is 0 Å². The molecule has 5 nitrogen and oxygen atoms in total. The van der Waals surface area contributed by atoms with Gasteiger partial charge >= 0.3 is 29.6 Å². The SMILES string of the molecule is CC(C)c1cn(CCCC(=O)[O-])nn1.[Na+]. The van der Waals surface area contributed by atoms with Gasteiger partial charge in [0, 0.05) is 18.7 Å². The van der Waals surface area contributed by atoms with Crippen LogP contribution in [0.5, 0.6) is 0 Å². The number of rotatable bonds is 5. The van der Waals surface area contributed by atoms with Gasteiger partial charge in [0.1, 0.15) is 0 Å². The van der Waals surface area contributed by atoms with Crippen LogP contribution in [0.3, 0.4) is 0 Å². The Morgan fingerprint density at radius 2 is 2.27 bits per heavy atom. The average molecular weight is 219 g/mol. The molecule has 0 saturated carbocycles. The third-order valence-electron chi connectivity index (χ3n) is 1.92. The van der Waals surface area contributed by atoms with Crippen LogP contribution in [0.2, 0.25) is 0 Å². The number of aromatic nitrogens is 3. The molecule has 0 bridgehead atoms. The van der Waals surface area contributed by atoms with E-state index in [0.29, 0.717) is 18.9 Å². The van der Waals surface area contributed by atoms with Crippen LogP contribution >= 0.6 is 0 Å². The summed E-state index contributed by atoms with van der Waals surface area (Å²) in [4.78, 5) is 10.1. The molecule has 6 heteroatoms. The molecule has 0 spiro atoms. The number of aryl methyl sites for hydroxylation is 1. The predicted octanol–water partition coefficient (Wildman–Crippen LogP) is -3.06. The minimum Gasteiger partial charge on any atom is -0.550 e. The van der Waals surface area contributed by atoms with Crippen LogP contribution in [0.4, 0.5) is 0 Å². The van der Waals surface area contributed by atoms with E-state index in [-0.39, 0.29) is 36.0 Å². The number of aliphatic carboxylic acids is 1. The summed E-state index contributed by atoms with van der Waals surface area (Å²) >= 11 is 0. The van der Waals surface area contributed by atoms with Gasteiger partial charge in [-0.05, 0) is 18.8 Å². The van der Waals surface area contributed by atoms with Crippen molar-refractivity contribution in [3.8, 4) is 0 Å².